The van der Waals surface area contributed by atoms with Crippen LogP contribution in [-0.2, 0) is 9.59 Å². The highest BCUT2D eigenvalue weighted by Crippen LogP contribution is 2.18. The molecule has 5 nitrogen and oxygen atoms in total. The summed E-state index contributed by atoms with van der Waals surface area (Å²) in [5, 5.41) is 11.6. The second-order valence-electron chi connectivity index (χ2n) is 8.98. The van der Waals surface area contributed by atoms with Crippen LogP contribution in [0.1, 0.15) is 122 Å². The molecular formula is C25H48N2O3S2. The number of hydrogen-bond acceptors (Lipinski definition) is 4. The number of rotatable bonds is 24. The van der Waals surface area contributed by atoms with Gasteiger partial charge >= 0.3 is 5.97 Å². The van der Waals surface area contributed by atoms with Crippen molar-refractivity contribution in [2.75, 3.05) is 12.3 Å². The van der Waals surface area contributed by atoms with Crippen LogP contribution in [-0.4, -0.2) is 34.3 Å². The highest BCUT2D eigenvalue weighted by Gasteiger charge is 2.13. The van der Waals surface area contributed by atoms with Gasteiger partial charge in [0, 0.05) is 12.3 Å². The lowest BCUT2D eigenvalue weighted by Crippen LogP contribution is -2.36. The van der Waals surface area contributed by atoms with Gasteiger partial charge in [0.2, 0.25) is 5.91 Å². The van der Waals surface area contributed by atoms with Gasteiger partial charge in [-0.1, -0.05) is 109 Å². The first-order valence-corrected chi connectivity index (χ1v) is 13.9. The highest BCUT2D eigenvalue weighted by atomic mass is 32.1. The Balaban J connectivity index is 3.39. The van der Waals surface area contributed by atoms with Gasteiger partial charge < -0.3 is 16.2 Å². The molecule has 0 heterocycles. The zero-order valence-electron chi connectivity index (χ0n) is 20.1. The van der Waals surface area contributed by atoms with E-state index in [0.717, 1.165) is 36.4 Å². The van der Waals surface area contributed by atoms with E-state index in [1.165, 1.54) is 89.9 Å². The minimum Gasteiger partial charge on any atom is -0.481 e. The van der Waals surface area contributed by atoms with E-state index in [9.17, 15) is 9.59 Å². The third kappa shape index (κ3) is 22.4. The molecule has 0 bridgehead atoms. The average molecular weight is 489 g/mol. The van der Waals surface area contributed by atoms with Crippen molar-refractivity contribution in [1.29, 1.82) is 0 Å². The second-order valence-corrected chi connectivity index (χ2v) is 9.87. The van der Waals surface area contributed by atoms with Crippen LogP contribution in [0.4, 0.5) is 0 Å². The Hall–Kier alpha value is -0.820. The Morgan fingerprint density at radius 1 is 0.750 bits per heavy atom. The Labute approximate surface area is 207 Å². The van der Waals surface area contributed by atoms with E-state index in [1.807, 2.05) is 0 Å². The molecule has 0 saturated carbocycles. The number of thiol groups is 1. The van der Waals surface area contributed by atoms with Crippen LogP contribution < -0.4 is 11.1 Å². The lowest BCUT2D eigenvalue weighted by atomic mass is 9.97. The van der Waals surface area contributed by atoms with Crippen LogP contribution >= 0.6 is 24.8 Å². The number of amides is 1. The minimum atomic E-state index is -0.670. The molecule has 4 N–H and O–H groups in total. The summed E-state index contributed by atoms with van der Waals surface area (Å²) >= 11 is 9.74. The Bertz CT molecular complexity index is 490. The van der Waals surface area contributed by atoms with Gasteiger partial charge in [0.25, 0.3) is 0 Å². The van der Waals surface area contributed by atoms with Gasteiger partial charge in [-0.3, -0.25) is 9.59 Å². The predicted octanol–water partition coefficient (Wildman–Crippen LogP) is 6.43. The van der Waals surface area contributed by atoms with E-state index >= 15 is 0 Å². The van der Waals surface area contributed by atoms with E-state index in [2.05, 4.69) is 17.9 Å². The molecule has 1 atom stereocenters. The maximum absolute atomic E-state index is 10.9. The third-order valence-corrected chi connectivity index (χ3v) is 6.71. The summed E-state index contributed by atoms with van der Waals surface area (Å²) in [6.45, 7) is 0.123. The first-order valence-electron chi connectivity index (χ1n) is 12.9. The van der Waals surface area contributed by atoms with Crippen molar-refractivity contribution in [2.45, 2.75) is 122 Å². The van der Waals surface area contributed by atoms with Crippen LogP contribution in [0, 0.1) is 5.92 Å². The number of carbonyl (C=O) groups excluding carboxylic acids is 1. The van der Waals surface area contributed by atoms with E-state index < -0.39 is 5.97 Å². The van der Waals surface area contributed by atoms with E-state index in [4.69, 9.17) is 23.1 Å². The number of thiocarbonyl (C=S) groups is 1. The fourth-order valence-electron chi connectivity index (χ4n) is 4.02. The summed E-state index contributed by atoms with van der Waals surface area (Å²) in [7, 11) is 0. The lowest BCUT2D eigenvalue weighted by molar-refractivity contribution is -0.137. The lowest BCUT2D eigenvalue weighted by Gasteiger charge is -2.18. The molecule has 0 aromatic heterocycles. The molecule has 32 heavy (non-hydrogen) atoms. The Morgan fingerprint density at radius 2 is 1.16 bits per heavy atom. The van der Waals surface area contributed by atoms with Crippen LogP contribution in [0.25, 0.3) is 0 Å². The second kappa shape index (κ2) is 23.3. The number of carboxylic acids is 1. The Kier molecular flexibility index (Phi) is 22.7. The molecular weight excluding hydrogens is 440 g/mol. The zero-order valence-corrected chi connectivity index (χ0v) is 21.8. The van der Waals surface area contributed by atoms with Crippen molar-refractivity contribution in [3.63, 3.8) is 0 Å². The SMILES string of the molecule is NC(=O)CNC(=S)C(CCS)CCCCCCCCCCCCCCCCCCC(=O)O. The average Bonchev–Trinajstić information content (AvgIpc) is 2.75. The number of nitrogens with two attached hydrogens (primary N) is 1. The molecule has 0 rings (SSSR count). The van der Waals surface area contributed by atoms with Gasteiger partial charge in [-0.05, 0) is 25.0 Å². The molecule has 0 spiro atoms. The zero-order chi connectivity index (χ0) is 23.9. The van der Waals surface area contributed by atoms with E-state index in [-0.39, 0.29) is 12.5 Å². The molecule has 0 aromatic carbocycles. The van der Waals surface area contributed by atoms with Crippen LogP contribution in [0.3, 0.4) is 0 Å². The molecule has 0 aliphatic heterocycles. The molecule has 0 aromatic rings. The number of nitrogens with one attached hydrogen (secondary N) is 1. The number of aliphatic carboxylic acids is 1. The van der Waals surface area contributed by atoms with E-state index in [1.54, 1.807) is 0 Å². The van der Waals surface area contributed by atoms with Crippen molar-refractivity contribution < 1.29 is 14.7 Å². The van der Waals surface area contributed by atoms with Crippen LogP contribution in [0.5, 0.6) is 0 Å². The summed E-state index contributed by atoms with van der Waals surface area (Å²) in [4.78, 5) is 22.1. The quantitative estimate of drug-likeness (QED) is 0.0713. The van der Waals surface area contributed by atoms with Gasteiger partial charge in [-0.15, -0.1) is 0 Å². The smallest absolute Gasteiger partial charge is 0.303 e. The number of hydrogen-bond donors (Lipinski definition) is 4. The van der Waals surface area contributed by atoms with Crippen LogP contribution in [0.2, 0.25) is 0 Å². The summed E-state index contributed by atoms with van der Waals surface area (Å²) in [6, 6.07) is 0. The molecule has 0 aliphatic carbocycles. The van der Waals surface area contributed by atoms with E-state index in [0.29, 0.717) is 12.3 Å². The maximum atomic E-state index is 10.9. The van der Waals surface area contributed by atoms with Crippen molar-refractivity contribution in [1.82, 2.24) is 5.32 Å². The van der Waals surface area contributed by atoms with Gasteiger partial charge in [0.15, 0.2) is 0 Å². The topological polar surface area (TPSA) is 92.4 Å². The molecule has 0 radical (unpaired) electrons. The molecule has 1 amide bonds. The van der Waals surface area contributed by atoms with Crippen molar-refractivity contribution in [3.05, 3.63) is 0 Å². The largest absolute Gasteiger partial charge is 0.481 e. The standard InChI is InChI=1S/C25H48N2O3S2/c26-23(28)21-27-25(32)22(19-20-31)17-15-13-11-9-7-5-3-1-2-4-6-8-10-12-14-16-18-24(29)30/h22,31H,1-21H2,(H2,26,28)(H,27,32)(H,29,30). The summed E-state index contributed by atoms with van der Waals surface area (Å²) in [6.07, 6.45) is 22.4. The van der Waals surface area contributed by atoms with Gasteiger partial charge in [-0.25, -0.2) is 0 Å². The normalized spacial score (nSPS) is 11.9. The predicted molar refractivity (Wildman–Crippen MR) is 142 cm³/mol. The molecule has 188 valence electrons. The molecule has 7 heteroatoms. The maximum Gasteiger partial charge on any atom is 0.303 e. The van der Waals surface area contributed by atoms with Crippen LogP contribution in [0.15, 0.2) is 0 Å². The highest BCUT2D eigenvalue weighted by molar-refractivity contribution is 7.80. The number of primary amides is 1. The fraction of sp³-hybridized carbons (Fsp3) is 0.880. The van der Waals surface area contributed by atoms with Crippen molar-refractivity contribution >= 4 is 41.7 Å². The van der Waals surface area contributed by atoms with Gasteiger partial charge in [0.1, 0.15) is 0 Å². The molecule has 0 fully saturated rings. The Morgan fingerprint density at radius 3 is 1.53 bits per heavy atom. The van der Waals surface area contributed by atoms with Gasteiger partial charge in [0.05, 0.1) is 11.5 Å². The minimum absolute atomic E-state index is 0.123. The van der Waals surface area contributed by atoms with Crippen molar-refractivity contribution in [2.24, 2.45) is 11.7 Å². The fourth-order valence-corrected chi connectivity index (χ4v) is 4.64. The summed E-state index contributed by atoms with van der Waals surface area (Å²) in [5.74, 6) is 0.0612. The number of unbranched alkanes of at least 4 members (excludes halogenated alkanes) is 15. The first-order chi connectivity index (χ1) is 15.5. The van der Waals surface area contributed by atoms with Crippen molar-refractivity contribution in [3.8, 4) is 0 Å². The molecule has 0 saturated heterocycles. The molecule has 0 aliphatic rings. The third-order valence-electron chi connectivity index (χ3n) is 5.98. The molecule has 1 unspecified atom stereocenters. The number of carboxylic acid groups (broad SMARTS) is 1. The number of carbonyl (C=O) groups is 2. The summed E-state index contributed by atoms with van der Waals surface area (Å²) < 4.78 is 0. The summed E-state index contributed by atoms with van der Waals surface area (Å²) in [5.41, 5.74) is 5.18. The first kappa shape index (κ1) is 31.2. The monoisotopic (exact) mass is 488 g/mol. The van der Waals surface area contributed by atoms with Gasteiger partial charge in [-0.2, -0.15) is 12.6 Å².